The van der Waals surface area contributed by atoms with E-state index >= 15 is 0 Å². The van der Waals surface area contributed by atoms with Crippen LogP contribution in [0.15, 0.2) is 83.0 Å². The van der Waals surface area contributed by atoms with Crippen LogP contribution in [0.25, 0.3) is 10.9 Å². The summed E-state index contributed by atoms with van der Waals surface area (Å²) in [5.41, 5.74) is 2.30. The van der Waals surface area contributed by atoms with E-state index in [1.54, 1.807) is 10.6 Å². The predicted molar refractivity (Wildman–Crippen MR) is 132 cm³/mol. The van der Waals surface area contributed by atoms with Gasteiger partial charge in [-0.15, -0.1) is 10.2 Å². The fraction of sp³-hybridized carbons (Fsp3) is 0.120. The molecule has 172 valence electrons. The molecule has 4 aromatic rings. The van der Waals surface area contributed by atoms with E-state index in [-0.39, 0.29) is 28.7 Å². The average Bonchev–Trinajstić information content (AvgIpc) is 3.11. The van der Waals surface area contributed by atoms with E-state index < -0.39 is 11.8 Å². The summed E-state index contributed by atoms with van der Waals surface area (Å²) in [6.45, 7) is 0.145. The highest BCUT2D eigenvalue weighted by Crippen LogP contribution is 2.38. The highest BCUT2D eigenvalue weighted by molar-refractivity contribution is 6.36. The highest BCUT2D eigenvalue weighted by atomic mass is 35.5. The van der Waals surface area contributed by atoms with Crippen LogP contribution in [0.4, 0.5) is 5.69 Å². The van der Waals surface area contributed by atoms with Crippen LogP contribution in [-0.4, -0.2) is 28.0 Å². The normalized spacial score (nSPS) is 11.2. The fourth-order valence-electron chi connectivity index (χ4n) is 3.55. The van der Waals surface area contributed by atoms with E-state index in [9.17, 15) is 14.7 Å². The number of benzene rings is 3. The maximum Gasteiger partial charge on any atom is 0.283 e. The van der Waals surface area contributed by atoms with Crippen molar-refractivity contribution in [1.82, 2.24) is 9.88 Å². The second kappa shape index (κ2) is 10.5. The lowest BCUT2D eigenvalue weighted by atomic mass is 10.1. The largest absolute Gasteiger partial charge is 0.493 e. The van der Waals surface area contributed by atoms with Gasteiger partial charge in [0.15, 0.2) is 5.69 Å². The molecule has 1 aromatic heterocycles. The number of hydrogen-bond donors (Lipinski definition) is 2. The fourth-order valence-corrected chi connectivity index (χ4v) is 4.04. The molecule has 0 saturated carbocycles. The first-order valence-corrected chi connectivity index (χ1v) is 11.2. The third-order valence-electron chi connectivity index (χ3n) is 5.22. The first kappa shape index (κ1) is 23.5. The number of azo groups is 1. The second-order valence-electron chi connectivity index (χ2n) is 7.48. The molecule has 2 N–H and O–H groups in total. The Morgan fingerprint density at radius 1 is 0.971 bits per heavy atom. The molecule has 3 aromatic carbocycles. The zero-order valence-electron chi connectivity index (χ0n) is 17.9. The summed E-state index contributed by atoms with van der Waals surface area (Å²) in [6, 6.07) is 21.7. The van der Waals surface area contributed by atoms with Gasteiger partial charge in [0.2, 0.25) is 5.88 Å². The zero-order valence-corrected chi connectivity index (χ0v) is 19.4. The van der Waals surface area contributed by atoms with Crippen molar-refractivity contribution in [2.24, 2.45) is 10.2 Å². The molecule has 0 aliphatic carbocycles. The van der Waals surface area contributed by atoms with E-state index in [4.69, 9.17) is 23.2 Å². The van der Waals surface area contributed by atoms with Gasteiger partial charge in [0, 0.05) is 17.0 Å². The Balaban J connectivity index is 1.47. The molecular weight excluding hydrogens is 475 g/mol. The van der Waals surface area contributed by atoms with Crippen molar-refractivity contribution in [2.75, 3.05) is 6.54 Å². The molecule has 0 fully saturated rings. The smallest absolute Gasteiger partial charge is 0.283 e. The van der Waals surface area contributed by atoms with Gasteiger partial charge in [-0.3, -0.25) is 9.59 Å². The average molecular weight is 495 g/mol. The van der Waals surface area contributed by atoms with Crippen LogP contribution in [-0.2, 0) is 17.8 Å². The molecule has 0 aliphatic heterocycles. The first-order chi connectivity index (χ1) is 16.4. The molecule has 0 spiro atoms. The van der Waals surface area contributed by atoms with Crippen molar-refractivity contribution in [3.8, 4) is 5.88 Å². The summed E-state index contributed by atoms with van der Waals surface area (Å²) in [6.07, 6.45) is 0.710. The van der Waals surface area contributed by atoms with Crippen LogP contribution in [0.3, 0.4) is 0 Å². The topological polar surface area (TPSA) is 96.1 Å². The van der Waals surface area contributed by atoms with Crippen LogP contribution in [0.1, 0.15) is 15.9 Å². The maximum atomic E-state index is 12.3. The Kier molecular flexibility index (Phi) is 7.25. The van der Waals surface area contributed by atoms with Crippen LogP contribution in [0.2, 0.25) is 10.0 Å². The van der Waals surface area contributed by atoms with Crippen molar-refractivity contribution >= 4 is 51.6 Å². The number of carbonyl (C=O) groups is 2. The van der Waals surface area contributed by atoms with Gasteiger partial charge >= 0.3 is 0 Å². The number of nitrogens with one attached hydrogen (secondary N) is 1. The number of nitrogens with zero attached hydrogens (tertiary/aromatic N) is 3. The molecule has 0 unspecified atom stereocenters. The number of aromatic nitrogens is 1. The van der Waals surface area contributed by atoms with E-state index in [2.05, 4.69) is 15.5 Å². The summed E-state index contributed by atoms with van der Waals surface area (Å²) in [5.74, 6) is -1.30. The SMILES string of the molecule is O=C(CNC(=O)c1ccc(Cl)cc1Cl)N=Nc1c(O)n(CCc2ccccc2)c2ccccc12. The van der Waals surface area contributed by atoms with Crippen molar-refractivity contribution < 1.29 is 14.7 Å². The molecule has 0 saturated heterocycles. The van der Waals surface area contributed by atoms with E-state index in [0.717, 1.165) is 11.1 Å². The number of fused-ring (bicyclic) bond motifs is 1. The highest BCUT2D eigenvalue weighted by Gasteiger charge is 2.17. The Morgan fingerprint density at radius 3 is 2.47 bits per heavy atom. The number of halogens is 2. The Labute approximate surface area is 205 Å². The maximum absolute atomic E-state index is 12.3. The Bertz CT molecular complexity index is 1380. The van der Waals surface area contributed by atoms with E-state index in [1.807, 2.05) is 48.5 Å². The number of carbonyl (C=O) groups excluding carboxylic acids is 2. The van der Waals surface area contributed by atoms with Gasteiger partial charge in [-0.1, -0.05) is 71.7 Å². The lowest BCUT2D eigenvalue weighted by Gasteiger charge is -2.07. The van der Waals surface area contributed by atoms with Crippen LogP contribution in [0, 0.1) is 0 Å². The summed E-state index contributed by atoms with van der Waals surface area (Å²) in [7, 11) is 0. The molecule has 9 heteroatoms. The minimum atomic E-state index is -0.682. The third-order valence-corrected chi connectivity index (χ3v) is 5.77. The molecule has 2 amide bonds. The molecule has 0 atom stereocenters. The molecule has 1 heterocycles. The van der Waals surface area contributed by atoms with Gasteiger partial charge in [0.1, 0.15) is 6.54 Å². The van der Waals surface area contributed by atoms with Crippen molar-refractivity contribution in [2.45, 2.75) is 13.0 Å². The third kappa shape index (κ3) is 5.27. The molecule has 4 rings (SSSR count). The van der Waals surface area contributed by atoms with E-state index in [1.165, 1.54) is 18.2 Å². The zero-order chi connectivity index (χ0) is 24.1. The molecule has 7 nitrogen and oxygen atoms in total. The van der Waals surface area contributed by atoms with Gasteiger partial charge in [-0.25, -0.2) is 0 Å². The second-order valence-corrected chi connectivity index (χ2v) is 8.32. The quantitative estimate of drug-likeness (QED) is 0.311. The van der Waals surface area contributed by atoms with Gasteiger partial charge in [0.05, 0.1) is 16.1 Å². The van der Waals surface area contributed by atoms with E-state index in [0.29, 0.717) is 23.4 Å². The molecule has 0 aliphatic rings. The molecular formula is C25H20Cl2N4O3. The lowest BCUT2D eigenvalue weighted by Crippen LogP contribution is -2.28. The number of aromatic hydroxyl groups is 1. The number of para-hydroxylation sites is 1. The number of aryl methyl sites for hydroxylation is 2. The summed E-state index contributed by atoms with van der Waals surface area (Å²) in [5, 5.41) is 22.2. The van der Waals surface area contributed by atoms with Crippen LogP contribution in [0.5, 0.6) is 5.88 Å². The lowest BCUT2D eigenvalue weighted by molar-refractivity contribution is -0.117. The van der Waals surface area contributed by atoms with Crippen LogP contribution >= 0.6 is 23.2 Å². The molecule has 34 heavy (non-hydrogen) atoms. The summed E-state index contributed by atoms with van der Waals surface area (Å²) >= 11 is 11.9. The van der Waals surface area contributed by atoms with Gasteiger partial charge < -0.3 is 15.0 Å². The minimum absolute atomic E-state index is 0.0781. The Morgan fingerprint density at radius 2 is 1.71 bits per heavy atom. The minimum Gasteiger partial charge on any atom is -0.493 e. The molecule has 0 bridgehead atoms. The number of hydrogen-bond acceptors (Lipinski definition) is 4. The van der Waals surface area contributed by atoms with Crippen LogP contribution < -0.4 is 5.32 Å². The predicted octanol–water partition coefficient (Wildman–Crippen LogP) is 5.94. The van der Waals surface area contributed by atoms with Gasteiger partial charge in [0.25, 0.3) is 11.8 Å². The van der Waals surface area contributed by atoms with Crippen molar-refractivity contribution in [3.63, 3.8) is 0 Å². The number of amides is 2. The van der Waals surface area contributed by atoms with Crippen molar-refractivity contribution in [3.05, 3.63) is 94.0 Å². The standard InChI is InChI=1S/C25H20Cl2N4O3/c26-17-10-11-18(20(27)14-17)24(33)28-15-22(32)29-30-23-19-8-4-5-9-21(19)31(25(23)34)13-12-16-6-2-1-3-7-16/h1-11,14,34H,12-13,15H2,(H,28,33). The molecule has 0 radical (unpaired) electrons. The summed E-state index contributed by atoms with van der Waals surface area (Å²) < 4.78 is 1.74. The Hall–Kier alpha value is -3.68. The van der Waals surface area contributed by atoms with Crippen molar-refractivity contribution in [1.29, 1.82) is 0 Å². The monoisotopic (exact) mass is 494 g/mol. The van der Waals surface area contributed by atoms with Gasteiger partial charge in [-0.2, -0.15) is 0 Å². The first-order valence-electron chi connectivity index (χ1n) is 10.5. The summed E-state index contributed by atoms with van der Waals surface area (Å²) in [4.78, 5) is 24.5. The van der Waals surface area contributed by atoms with Gasteiger partial charge in [-0.05, 0) is 36.2 Å². The number of rotatable bonds is 7.